The van der Waals surface area contributed by atoms with Crippen molar-refractivity contribution in [3.05, 3.63) is 18.0 Å². The molecule has 1 saturated carbocycles. The monoisotopic (exact) mass is 223 g/mol. The Bertz CT molecular complexity index is 353. The van der Waals surface area contributed by atoms with Crippen LogP contribution in [0.15, 0.2) is 12.3 Å². The zero-order valence-electron chi connectivity index (χ0n) is 10.1. The third-order valence-electron chi connectivity index (χ3n) is 3.38. The maximum Gasteiger partial charge on any atom is 0.0700 e. The van der Waals surface area contributed by atoms with Crippen LogP contribution in [0.5, 0.6) is 0 Å². The summed E-state index contributed by atoms with van der Waals surface area (Å²) in [6, 6.07) is 2.04. The van der Waals surface area contributed by atoms with E-state index in [0.717, 1.165) is 25.1 Å². The number of rotatable bonds is 4. The van der Waals surface area contributed by atoms with Crippen LogP contribution in [0.3, 0.4) is 0 Å². The SMILES string of the molecule is CC(C)Cn1ccc(C2(CN)CC(O)C2)n1. The van der Waals surface area contributed by atoms with Crippen molar-refractivity contribution in [3.8, 4) is 0 Å². The van der Waals surface area contributed by atoms with Gasteiger partial charge in [-0.2, -0.15) is 5.10 Å². The Hall–Kier alpha value is -0.870. The van der Waals surface area contributed by atoms with Gasteiger partial charge >= 0.3 is 0 Å². The van der Waals surface area contributed by atoms with E-state index in [1.807, 2.05) is 16.9 Å². The molecule has 2 rings (SSSR count). The van der Waals surface area contributed by atoms with Gasteiger partial charge < -0.3 is 10.8 Å². The standard InChI is InChI=1S/C12H21N3O/c1-9(2)7-15-4-3-11(14-15)12(8-13)5-10(16)6-12/h3-4,9-10,16H,5-8,13H2,1-2H3. The van der Waals surface area contributed by atoms with Gasteiger partial charge in [-0.3, -0.25) is 4.68 Å². The predicted octanol–water partition coefficient (Wildman–Crippen LogP) is 0.890. The summed E-state index contributed by atoms with van der Waals surface area (Å²) < 4.78 is 1.97. The Labute approximate surface area is 96.5 Å². The van der Waals surface area contributed by atoms with Crippen LogP contribution in [0.2, 0.25) is 0 Å². The molecule has 0 amide bonds. The molecule has 3 N–H and O–H groups in total. The van der Waals surface area contributed by atoms with Crippen molar-refractivity contribution in [2.24, 2.45) is 11.7 Å². The molecule has 4 heteroatoms. The van der Waals surface area contributed by atoms with Crippen LogP contribution in [-0.4, -0.2) is 27.5 Å². The number of hydrogen-bond acceptors (Lipinski definition) is 3. The third-order valence-corrected chi connectivity index (χ3v) is 3.38. The Morgan fingerprint density at radius 1 is 1.62 bits per heavy atom. The van der Waals surface area contributed by atoms with Gasteiger partial charge in [0.2, 0.25) is 0 Å². The van der Waals surface area contributed by atoms with Gasteiger partial charge in [-0.25, -0.2) is 0 Å². The van der Waals surface area contributed by atoms with Gasteiger partial charge in [0.25, 0.3) is 0 Å². The van der Waals surface area contributed by atoms with Crippen molar-refractivity contribution in [1.82, 2.24) is 9.78 Å². The summed E-state index contributed by atoms with van der Waals surface area (Å²) in [5.74, 6) is 0.591. The topological polar surface area (TPSA) is 64.1 Å². The first-order valence-corrected chi connectivity index (χ1v) is 5.98. The van der Waals surface area contributed by atoms with Crippen molar-refractivity contribution >= 4 is 0 Å². The molecular formula is C12H21N3O. The minimum atomic E-state index is -0.196. The summed E-state index contributed by atoms with van der Waals surface area (Å²) >= 11 is 0. The molecule has 90 valence electrons. The number of hydrogen-bond donors (Lipinski definition) is 2. The van der Waals surface area contributed by atoms with Crippen molar-refractivity contribution in [1.29, 1.82) is 0 Å². The van der Waals surface area contributed by atoms with E-state index in [9.17, 15) is 5.11 Å². The number of nitrogens with zero attached hydrogens (tertiary/aromatic N) is 2. The van der Waals surface area contributed by atoms with Crippen LogP contribution < -0.4 is 5.73 Å². The number of nitrogens with two attached hydrogens (primary N) is 1. The molecule has 4 nitrogen and oxygen atoms in total. The normalized spacial score (nSPS) is 29.4. The number of aliphatic hydroxyl groups is 1. The molecule has 0 unspecified atom stereocenters. The first-order valence-electron chi connectivity index (χ1n) is 5.98. The molecule has 1 heterocycles. The van der Waals surface area contributed by atoms with E-state index < -0.39 is 0 Å². The molecular weight excluding hydrogens is 202 g/mol. The molecule has 1 aliphatic carbocycles. The highest BCUT2D eigenvalue weighted by Crippen LogP contribution is 2.42. The average molecular weight is 223 g/mol. The summed E-state index contributed by atoms with van der Waals surface area (Å²) in [7, 11) is 0. The van der Waals surface area contributed by atoms with Gasteiger partial charge in [0.1, 0.15) is 0 Å². The van der Waals surface area contributed by atoms with Crippen LogP contribution >= 0.6 is 0 Å². The molecule has 0 spiro atoms. The van der Waals surface area contributed by atoms with Crippen LogP contribution in [0.1, 0.15) is 32.4 Å². The van der Waals surface area contributed by atoms with Gasteiger partial charge in [-0.05, 0) is 24.8 Å². The Morgan fingerprint density at radius 2 is 2.31 bits per heavy atom. The maximum atomic E-state index is 9.44. The molecule has 1 aromatic heterocycles. The Kier molecular flexibility index (Phi) is 3.04. The fourth-order valence-electron chi connectivity index (χ4n) is 2.44. The Balaban J connectivity index is 2.11. The zero-order valence-corrected chi connectivity index (χ0v) is 10.1. The second-order valence-corrected chi connectivity index (χ2v) is 5.36. The van der Waals surface area contributed by atoms with Crippen molar-refractivity contribution in [2.45, 2.75) is 44.8 Å². The summed E-state index contributed by atoms with van der Waals surface area (Å²) in [4.78, 5) is 0. The predicted molar refractivity (Wildman–Crippen MR) is 63.0 cm³/mol. The lowest BCUT2D eigenvalue weighted by Gasteiger charge is -2.43. The lowest BCUT2D eigenvalue weighted by Crippen LogP contribution is -2.50. The van der Waals surface area contributed by atoms with E-state index in [0.29, 0.717) is 12.5 Å². The molecule has 1 fully saturated rings. The second kappa shape index (κ2) is 4.18. The first kappa shape index (κ1) is 11.6. The maximum absolute atomic E-state index is 9.44. The smallest absolute Gasteiger partial charge is 0.0700 e. The fraction of sp³-hybridized carbons (Fsp3) is 0.750. The van der Waals surface area contributed by atoms with Crippen LogP contribution in [0.4, 0.5) is 0 Å². The molecule has 0 aliphatic heterocycles. The lowest BCUT2D eigenvalue weighted by atomic mass is 9.65. The van der Waals surface area contributed by atoms with Crippen LogP contribution in [0.25, 0.3) is 0 Å². The molecule has 1 aliphatic rings. The highest BCUT2D eigenvalue weighted by Gasteiger charge is 2.45. The largest absolute Gasteiger partial charge is 0.393 e. The molecule has 16 heavy (non-hydrogen) atoms. The van der Waals surface area contributed by atoms with Gasteiger partial charge in [0.15, 0.2) is 0 Å². The van der Waals surface area contributed by atoms with Gasteiger partial charge in [0, 0.05) is 24.7 Å². The highest BCUT2D eigenvalue weighted by molar-refractivity contribution is 5.22. The van der Waals surface area contributed by atoms with Gasteiger partial charge in [-0.1, -0.05) is 13.8 Å². The highest BCUT2D eigenvalue weighted by atomic mass is 16.3. The lowest BCUT2D eigenvalue weighted by molar-refractivity contribution is 0.0197. The average Bonchev–Trinajstić information content (AvgIpc) is 2.60. The molecule has 0 radical (unpaired) electrons. The van der Waals surface area contributed by atoms with E-state index in [1.54, 1.807) is 0 Å². The number of aliphatic hydroxyl groups excluding tert-OH is 1. The second-order valence-electron chi connectivity index (χ2n) is 5.36. The van der Waals surface area contributed by atoms with E-state index >= 15 is 0 Å². The van der Waals surface area contributed by atoms with Crippen molar-refractivity contribution in [3.63, 3.8) is 0 Å². The van der Waals surface area contributed by atoms with E-state index in [2.05, 4.69) is 18.9 Å². The fourth-order valence-corrected chi connectivity index (χ4v) is 2.44. The summed E-state index contributed by atoms with van der Waals surface area (Å²) in [6.45, 7) is 5.85. The van der Waals surface area contributed by atoms with E-state index in [-0.39, 0.29) is 11.5 Å². The van der Waals surface area contributed by atoms with Crippen LogP contribution in [-0.2, 0) is 12.0 Å². The van der Waals surface area contributed by atoms with Crippen molar-refractivity contribution in [2.75, 3.05) is 6.54 Å². The van der Waals surface area contributed by atoms with Gasteiger partial charge in [0.05, 0.1) is 11.8 Å². The first-order chi connectivity index (χ1) is 7.55. The third kappa shape index (κ3) is 1.99. The molecule has 0 atom stereocenters. The van der Waals surface area contributed by atoms with Crippen molar-refractivity contribution < 1.29 is 5.11 Å². The van der Waals surface area contributed by atoms with Gasteiger partial charge in [-0.15, -0.1) is 0 Å². The minimum Gasteiger partial charge on any atom is -0.393 e. The summed E-state index contributed by atoms with van der Waals surface area (Å²) in [5.41, 5.74) is 6.79. The van der Waals surface area contributed by atoms with E-state index in [4.69, 9.17) is 5.73 Å². The zero-order chi connectivity index (χ0) is 11.8. The quantitative estimate of drug-likeness (QED) is 0.796. The van der Waals surface area contributed by atoms with E-state index in [1.165, 1.54) is 0 Å². The summed E-state index contributed by atoms with van der Waals surface area (Å²) in [5, 5.41) is 14.0. The molecule has 0 saturated heterocycles. The minimum absolute atomic E-state index is 0.0678. The van der Waals surface area contributed by atoms with Crippen LogP contribution in [0, 0.1) is 5.92 Å². The molecule has 0 bridgehead atoms. The molecule has 0 aromatic carbocycles. The molecule has 1 aromatic rings. The Morgan fingerprint density at radius 3 is 2.81 bits per heavy atom. The summed E-state index contributed by atoms with van der Waals surface area (Å²) in [6.07, 6.45) is 3.32. The number of aromatic nitrogens is 2.